The molecule has 2 aromatic carbocycles. The number of aryl methyl sites for hydroxylation is 1. The number of rotatable bonds is 3. The maximum atomic E-state index is 12.4. The molecule has 3 heteroatoms. The molecule has 3 aromatic rings. The molecule has 2 nitrogen and oxygen atoms in total. The van der Waals surface area contributed by atoms with Crippen LogP contribution in [0.3, 0.4) is 0 Å². The number of benzene rings is 2. The van der Waals surface area contributed by atoms with E-state index in [9.17, 15) is 4.79 Å². The fourth-order valence-corrected chi connectivity index (χ4v) is 2.99. The molecule has 1 aromatic heterocycles. The Kier molecular flexibility index (Phi) is 3.84. The van der Waals surface area contributed by atoms with E-state index in [4.69, 9.17) is 0 Å². The van der Waals surface area contributed by atoms with E-state index in [1.54, 1.807) is 11.3 Å². The first-order valence-corrected chi connectivity index (χ1v) is 7.63. The van der Waals surface area contributed by atoms with E-state index in [1.807, 2.05) is 66.9 Å². The van der Waals surface area contributed by atoms with Gasteiger partial charge in [-0.1, -0.05) is 42.0 Å². The molecule has 0 atom stereocenters. The topological polar surface area (TPSA) is 29.1 Å². The van der Waals surface area contributed by atoms with Crippen molar-refractivity contribution >= 4 is 22.9 Å². The SMILES string of the molecule is Cc1cccc(C(=O)Nc2ccccc2-c2cccs2)c1. The van der Waals surface area contributed by atoms with Gasteiger partial charge in [-0.3, -0.25) is 4.79 Å². The maximum absolute atomic E-state index is 12.4. The van der Waals surface area contributed by atoms with Crippen LogP contribution in [0.25, 0.3) is 10.4 Å². The lowest BCUT2D eigenvalue weighted by Gasteiger charge is -2.10. The maximum Gasteiger partial charge on any atom is 0.255 e. The zero-order valence-electron chi connectivity index (χ0n) is 11.7. The molecule has 0 spiro atoms. The van der Waals surface area contributed by atoms with Gasteiger partial charge in [0.2, 0.25) is 0 Å². The molecule has 1 amide bonds. The second-order valence-corrected chi connectivity index (χ2v) is 5.79. The highest BCUT2D eigenvalue weighted by atomic mass is 32.1. The van der Waals surface area contributed by atoms with Crippen LogP contribution in [0.2, 0.25) is 0 Å². The quantitative estimate of drug-likeness (QED) is 0.725. The molecule has 104 valence electrons. The van der Waals surface area contributed by atoms with E-state index in [-0.39, 0.29) is 5.91 Å². The minimum absolute atomic E-state index is 0.0808. The minimum Gasteiger partial charge on any atom is -0.321 e. The van der Waals surface area contributed by atoms with Crippen LogP contribution in [0.1, 0.15) is 15.9 Å². The van der Waals surface area contributed by atoms with Gasteiger partial charge in [0.05, 0.1) is 0 Å². The first-order valence-electron chi connectivity index (χ1n) is 6.75. The second kappa shape index (κ2) is 5.94. The molecule has 0 aliphatic carbocycles. The number of carbonyl (C=O) groups is 1. The Hall–Kier alpha value is -2.39. The largest absolute Gasteiger partial charge is 0.321 e. The molecule has 0 saturated carbocycles. The van der Waals surface area contributed by atoms with E-state index >= 15 is 0 Å². The third-order valence-corrected chi connectivity index (χ3v) is 4.15. The Morgan fingerprint density at radius 1 is 1.00 bits per heavy atom. The lowest BCUT2D eigenvalue weighted by atomic mass is 10.1. The number of carbonyl (C=O) groups excluding carboxylic acids is 1. The van der Waals surface area contributed by atoms with E-state index in [2.05, 4.69) is 11.4 Å². The Morgan fingerprint density at radius 3 is 2.62 bits per heavy atom. The number of anilines is 1. The average Bonchev–Trinajstić information content (AvgIpc) is 3.02. The van der Waals surface area contributed by atoms with Crippen molar-refractivity contribution in [1.82, 2.24) is 0 Å². The molecule has 0 saturated heterocycles. The number of amides is 1. The van der Waals surface area contributed by atoms with Crippen molar-refractivity contribution in [3.05, 3.63) is 77.2 Å². The van der Waals surface area contributed by atoms with E-state index in [0.717, 1.165) is 21.7 Å². The molecule has 0 aliphatic rings. The summed E-state index contributed by atoms with van der Waals surface area (Å²) >= 11 is 1.66. The van der Waals surface area contributed by atoms with Crippen LogP contribution < -0.4 is 5.32 Å². The van der Waals surface area contributed by atoms with Gasteiger partial charge in [-0.15, -0.1) is 11.3 Å². The monoisotopic (exact) mass is 293 g/mol. The lowest BCUT2D eigenvalue weighted by Crippen LogP contribution is -2.12. The van der Waals surface area contributed by atoms with Crippen LogP contribution >= 0.6 is 11.3 Å². The first kappa shape index (κ1) is 13.6. The lowest BCUT2D eigenvalue weighted by molar-refractivity contribution is 0.102. The summed E-state index contributed by atoms with van der Waals surface area (Å²) in [7, 11) is 0. The van der Waals surface area contributed by atoms with E-state index in [0.29, 0.717) is 5.56 Å². The predicted molar refractivity (Wildman–Crippen MR) is 88.9 cm³/mol. The summed E-state index contributed by atoms with van der Waals surface area (Å²) in [5.41, 5.74) is 3.64. The van der Waals surface area contributed by atoms with Crippen molar-refractivity contribution in [2.45, 2.75) is 6.92 Å². The molecular formula is C18H15NOS. The van der Waals surface area contributed by atoms with Gasteiger partial charge >= 0.3 is 0 Å². The highest BCUT2D eigenvalue weighted by Gasteiger charge is 2.10. The van der Waals surface area contributed by atoms with Crippen molar-refractivity contribution < 1.29 is 4.79 Å². The van der Waals surface area contributed by atoms with Gasteiger partial charge in [0, 0.05) is 21.7 Å². The zero-order chi connectivity index (χ0) is 14.7. The molecule has 0 bridgehead atoms. The zero-order valence-corrected chi connectivity index (χ0v) is 12.5. The molecule has 3 rings (SSSR count). The Labute approximate surface area is 128 Å². The minimum atomic E-state index is -0.0808. The standard InChI is InChI=1S/C18H15NOS/c1-13-6-4-7-14(12-13)18(20)19-16-9-3-2-8-15(16)17-10-5-11-21-17/h2-12H,1H3,(H,19,20). The summed E-state index contributed by atoms with van der Waals surface area (Å²) in [5.74, 6) is -0.0808. The number of para-hydroxylation sites is 1. The summed E-state index contributed by atoms with van der Waals surface area (Å²) < 4.78 is 0. The average molecular weight is 293 g/mol. The number of nitrogens with one attached hydrogen (secondary N) is 1. The van der Waals surface area contributed by atoms with Crippen LogP contribution in [-0.4, -0.2) is 5.91 Å². The third-order valence-electron chi connectivity index (χ3n) is 3.24. The van der Waals surface area contributed by atoms with Crippen molar-refractivity contribution in [2.75, 3.05) is 5.32 Å². The summed E-state index contributed by atoms with van der Waals surface area (Å²) in [5, 5.41) is 5.05. The predicted octanol–water partition coefficient (Wildman–Crippen LogP) is 4.98. The normalized spacial score (nSPS) is 10.3. The molecule has 1 N–H and O–H groups in total. The van der Waals surface area contributed by atoms with Gasteiger partial charge < -0.3 is 5.32 Å². The van der Waals surface area contributed by atoms with Crippen molar-refractivity contribution in [2.24, 2.45) is 0 Å². The summed E-state index contributed by atoms with van der Waals surface area (Å²) in [4.78, 5) is 13.5. The van der Waals surface area contributed by atoms with Crippen molar-refractivity contribution in [3.8, 4) is 10.4 Å². The third kappa shape index (κ3) is 3.03. The van der Waals surface area contributed by atoms with Gasteiger partial charge in [-0.25, -0.2) is 0 Å². The van der Waals surface area contributed by atoms with Crippen LogP contribution in [0, 0.1) is 6.92 Å². The van der Waals surface area contributed by atoms with Crippen LogP contribution in [-0.2, 0) is 0 Å². The number of hydrogen-bond donors (Lipinski definition) is 1. The van der Waals surface area contributed by atoms with Crippen LogP contribution in [0.5, 0.6) is 0 Å². The molecule has 0 aliphatic heterocycles. The van der Waals surface area contributed by atoms with E-state index < -0.39 is 0 Å². The van der Waals surface area contributed by atoms with Crippen LogP contribution in [0.4, 0.5) is 5.69 Å². The molecular weight excluding hydrogens is 278 g/mol. The Bertz CT molecular complexity index is 762. The molecule has 0 radical (unpaired) electrons. The smallest absolute Gasteiger partial charge is 0.255 e. The molecule has 21 heavy (non-hydrogen) atoms. The summed E-state index contributed by atoms with van der Waals surface area (Å²) in [6, 6.07) is 19.5. The van der Waals surface area contributed by atoms with E-state index in [1.165, 1.54) is 0 Å². The van der Waals surface area contributed by atoms with Crippen LogP contribution in [0.15, 0.2) is 66.0 Å². The first-order chi connectivity index (χ1) is 10.2. The second-order valence-electron chi connectivity index (χ2n) is 4.85. The Balaban J connectivity index is 1.90. The number of thiophene rings is 1. The fourth-order valence-electron chi connectivity index (χ4n) is 2.22. The van der Waals surface area contributed by atoms with Gasteiger partial charge in [0.25, 0.3) is 5.91 Å². The number of hydrogen-bond acceptors (Lipinski definition) is 2. The summed E-state index contributed by atoms with van der Waals surface area (Å²) in [6.07, 6.45) is 0. The summed E-state index contributed by atoms with van der Waals surface area (Å²) in [6.45, 7) is 1.98. The van der Waals surface area contributed by atoms with Gasteiger partial charge in [0.15, 0.2) is 0 Å². The molecule has 0 fully saturated rings. The fraction of sp³-hybridized carbons (Fsp3) is 0.0556. The molecule has 0 unspecified atom stereocenters. The van der Waals surface area contributed by atoms with Gasteiger partial charge in [-0.05, 0) is 36.6 Å². The Morgan fingerprint density at radius 2 is 1.86 bits per heavy atom. The van der Waals surface area contributed by atoms with Crippen molar-refractivity contribution in [3.63, 3.8) is 0 Å². The molecule has 1 heterocycles. The highest BCUT2D eigenvalue weighted by molar-refractivity contribution is 7.13. The van der Waals surface area contributed by atoms with Gasteiger partial charge in [-0.2, -0.15) is 0 Å². The highest BCUT2D eigenvalue weighted by Crippen LogP contribution is 2.31. The van der Waals surface area contributed by atoms with Crippen molar-refractivity contribution in [1.29, 1.82) is 0 Å². The van der Waals surface area contributed by atoms with Gasteiger partial charge in [0.1, 0.15) is 0 Å².